The Balaban J connectivity index is 1.98. The summed E-state index contributed by atoms with van der Waals surface area (Å²) >= 11 is 0. The van der Waals surface area contributed by atoms with Crippen molar-refractivity contribution in [3.63, 3.8) is 0 Å². The number of anilines is 1. The lowest BCUT2D eigenvalue weighted by Crippen LogP contribution is -2.49. The van der Waals surface area contributed by atoms with Crippen LogP contribution in [0.4, 0.5) is 5.82 Å². The zero-order valence-corrected chi connectivity index (χ0v) is 10.4. The Bertz CT molecular complexity index is 587. The van der Waals surface area contributed by atoms with E-state index < -0.39 is 0 Å². The van der Waals surface area contributed by atoms with E-state index in [2.05, 4.69) is 20.3 Å². The van der Waals surface area contributed by atoms with Crippen molar-refractivity contribution in [3.8, 4) is 0 Å². The molecule has 19 heavy (non-hydrogen) atoms. The first-order valence-corrected chi connectivity index (χ1v) is 6.02. The monoisotopic (exact) mass is 265 g/mol. The second-order valence-corrected chi connectivity index (χ2v) is 4.39. The van der Waals surface area contributed by atoms with E-state index in [1.54, 1.807) is 17.9 Å². The second kappa shape index (κ2) is 4.72. The molecule has 0 amide bonds. The molecule has 3 N–H and O–H groups in total. The summed E-state index contributed by atoms with van der Waals surface area (Å²) in [6.07, 6.45) is 2.37. The van der Waals surface area contributed by atoms with Gasteiger partial charge in [0.25, 0.3) is 0 Å². The Labute approximate surface area is 109 Å². The van der Waals surface area contributed by atoms with E-state index >= 15 is 0 Å². The van der Waals surface area contributed by atoms with Crippen LogP contribution in [-0.2, 0) is 4.74 Å². The molecule has 0 radical (unpaired) electrons. The van der Waals surface area contributed by atoms with Gasteiger partial charge in [-0.1, -0.05) is 0 Å². The minimum atomic E-state index is -0.355. The molecular formula is C11H15N5O3. The molecule has 0 bridgehead atoms. The summed E-state index contributed by atoms with van der Waals surface area (Å²) < 4.78 is 7.30. The number of aliphatic hydroxyl groups is 2. The van der Waals surface area contributed by atoms with E-state index in [1.165, 1.54) is 6.33 Å². The maximum Gasteiger partial charge on any atom is 0.167 e. The van der Waals surface area contributed by atoms with Crippen molar-refractivity contribution in [2.75, 3.05) is 25.6 Å². The van der Waals surface area contributed by atoms with Crippen molar-refractivity contribution in [1.82, 2.24) is 19.5 Å². The molecule has 1 aliphatic heterocycles. The first-order chi connectivity index (χ1) is 9.30. The van der Waals surface area contributed by atoms with Gasteiger partial charge in [-0.3, -0.25) is 4.57 Å². The van der Waals surface area contributed by atoms with E-state index in [0.717, 1.165) is 0 Å². The minimum absolute atomic E-state index is 0.0560. The second-order valence-electron chi connectivity index (χ2n) is 4.39. The Morgan fingerprint density at radius 1 is 1.32 bits per heavy atom. The molecule has 0 aromatic carbocycles. The van der Waals surface area contributed by atoms with Gasteiger partial charge in [0.05, 0.1) is 31.6 Å². The number of hydrogen-bond acceptors (Lipinski definition) is 7. The van der Waals surface area contributed by atoms with Crippen LogP contribution in [0.15, 0.2) is 12.7 Å². The Morgan fingerprint density at radius 3 is 2.84 bits per heavy atom. The molecule has 0 spiro atoms. The van der Waals surface area contributed by atoms with Crippen molar-refractivity contribution in [1.29, 1.82) is 0 Å². The predicted molar refractivity (Wildman–Crippen MR) is 66.4 cm³/mol. The summed E-state index contributed by atoms with van der Waals surface area (Å²) in [5, 5.41) is 21.4. The highest BCUT2D eigenvalue weighted by molar-refractivity contribution is 5.82. The summed E-state index contributed by atoms with van der Waals surface area (Å²) in [5.74, 6) is 0.484. The number of nitrogens with one attached hydrogen (secondary N) is 1. The summed E-state index contributed by atoms with van der Waals surface area (Å²) in [6, 6.07) is 0. The summed E-state index contributed by atoms with van der Waals surface area (Å²) in [4.78, 5) is 12.5. The molecule has 3 heterocycles. The molecule has 1 saturated heterocycles. The average molecular weight is 265 g/mol. The normalized spacial score (nSPS) is 26.4. The predicted octanol–water partition coefficient (Wildman–Crippen LogP) is -0.634. The van der Waals surface area contributed by atoms with Crippen molar-refractivity contribution in [3.05, 3.63) is 12.7 Å². The smallest absolute Gasteiger partial charge is 0.167 e. The van der Waals surface area contributed by atoms with Crippen LogP contribution < -0.4 is 5.32 Å². The highest BCUT2D eigenvalue weighted by atomic mass is 16.5. The van der Waals surface area contributed by atoms with Gasteiger partial charge in [-0.2, -0.15) is 0 Å². The SMILES string of the molecule is CNc1ncnc2c1ncn2[C@@H]1O[C@H](CO)[C@@H]1CO. The van der Waals surface area contributed by atoms with E-state index in [9.17, 15) is 5.11 Å². The summed E-state index contributed by atoms with van der Waals surface area (Å²) in [6.45, 7) is -0.162. The summed E-state index contributed by atoms with van der Waals surface area (Å²) in [7, 11) is 1.76. The molecule has 3 rings (SSSR count). The maximum absolute atomic E-state index is 9.36. The Kier molecular flexibility index (Phi) is 3.05. The fourth-order valence-corrected chi connectivity index (χ4v) is 2.35. The number of imidazole rings is 1. The highest BCUT2D eigenvalue weighted by Gasteiger charge is 2.43. The van der Waals surface area contributed by atoms with Crippen LogP contribution in [0.5, 0.6) is 0 Å². The zero-order valence-electron chi connectivity index (χ0n) is 10.4. The van der Waals surface area contributed by atoms with Gasteiger partial charge in [0.2, 0.25) is 0 Å². The number of fused-ring (bicyclic) bond motifs is 1. The van der Waals surface area contributed by atoms with Crippen LogP contribution in [-0.4, -0.2) is 56.1 Å². The van der Waals surface area contributed by atoms with Crippen LogP contribution in [0.1, 0.15) is 6.23 Å². The largest absolute Gasteiger partial charge is 0.396 e. The molecule has 0 aliphatic carbocycles. The zero-order chi connectivity index (χ0) is 13.4. The number of aliphatic hydroxyl groups excluding tert-OH is 2. The Morgan fingerprint density at radius 2 is 2.16 bits per heavy atom. The lowest BCUT2D eigenvalue weighted by atomic mass is 9.95. The van der Waals surface area contributed by atoms with Gasteiger partial charge in [-0.05, 0) is 0 Å². The standard InChI is InChI=1S/C11H15N5O3/c1-12-9-8-10(14-4-13-9)16(5-15-8)11-6(2-17)7(3-18)19-11/h4-7,11,17-18H,2-3H2,1H3,(H,12,13,14)/t6-,7+,11+/m0/s1. The van der Waals surface area contributed by atoms with Crippen LogP contribution in [0.25, 0.3) is 11.2 Å². The molecule has 0 saturated carbocycles. The number of hydrogen-bond donors (Lipinski definition) is 3. The van der Waals surface area contributed by atoms with E-state index in [0.29, 0.717) is 17.0 Å². The lowest BCUT2D eigenvalue weighted by molar-refractivity contribution is -0.243. The fraction of sp³-hybridized carbons (Fsp3) is 0.545. The Hall–Kier alpha value is -1.77. The van der Waals surface area contributed by atoms with E-state index in [-0.39, 0.29) is 31.5 Å². The molecule has 2 aromatic rings. The van der Waals surface area contributed by atoms with Crippen molar-refractivity contribution < 1.29 is 14.9 Å². The highest BCUT2D eigenvalue weighted by Crippen LogP contribution is 2.38. The van der Waals surface area contributed by atoms with Gasteiger partial charge in [0, 0.05) is 7.05 Å². The molecule has 3 atom stereocenters. The first-order valence-electron chi connectivity index (χ1n) is 6.02. The average Bonchev–Trinajstić information content (AvgIpc) is 2.82. The third-order valence-corrected chi connectivity index (χ3v) is 3.42. The van der Waals surface area contributed by atoms with Crippen molar-refractivity contribution in [2.45, 2.75) is 12.3 Å². The summed E-state index contributed by atoms with van der Waals surface area (Å²) in [5.41, 5.74) is 1.29. The number of ether oxygens (including phenoxy) is 1. The number of nitrogens with zero attached hydrogens (tertiary/aromatic N) is 4. The third kappa shape index (κ3) is 1.76. The fourth-order valence-electron chi connectivity index (χ4n) is 2.35. The van der Waals surface area contributed by atoms with Gasteiger partial charge >= 0.3 is 0 Å². The van der Waals surface area contributed by atoms with Crippen LogP contribution >= 0.6 is 0 Å². The molecule has 8 nitrogen and oxygen atoms in total. The third-order valence-electron chi connectivity index (χ3n) is 3.42. The molecule has 1 aliphatic rings. The molecule has 2 aromatic heterocycles. The van der Waals surface area contributed by atoms with Crippen molar-refractivity contribution in [2.24, 2.45) is 5.92 Å². The van der Waals surface area contributed by atoms with E-state index in [4.69, 9.17) is 9.84 Å². The van der Waals surface area contributed by atoms with Crippen LogP contribution in [0.2, 0.25) is 0 Å². The molecule has 0 unspecified atom stereocenters. The molecular weight excluding hydrogens is 250 g/mol. The maximum atomic E-state index is 9.36. The molecule has 1 fully saturated rings. The van der Waals surface area contributed by atoms with Gasteiger partial charge in [0.15, 0.2) is 11.5 Å². The minimum Gasteiger partial charge on any atom is -0.396 e. The number of rotatable bonds is 4. The van der Waals surface area contributed by atoms with Crippen LogP contribution in [0.3, 0.4) is 0 Å². The quantitative estimate of drug-likeness (QED) is 0.675. The van der Waals surface area contributed by atoms with Gasteiger partial charge in [0.1, 0.15) is 18.1 Å². The molecule has 102 valence electrons. The van der Waals surface area contributed by atoms with Gasteiger partial charge in [-0.15, -0.1) is 0 Å². The lowest BCUT2D eigenvalue weighted by Gasteiger charge is -2.43. The number of aromatic nitrogens is 4. The first kappa shape index (κ1) is 12.3. The van der Waals surface area contributed by atoms with Crippen molar-refractivity contribution >= 4 is 17.0 Å². The van der Waals surface area contributed by atoms with Gasteiger partial charge in [-0.25, -0.2) is 15.0 Å². The van der Waals surface area contributed by atoms with Gasteiger partial charge < -0.3 is 20.3 Å². The van der Waals surface area contributed by atoms with E-state index in [1.807, 2.05) is 0 Å². The van der Waals surface area contributed by atoms with Crippen LogP contribution in [0, 0.1) is 5.92 Å². The molecule has 8 heteroatoms. The topological polar surface area (TPSA) is 105 Å².